The summed E-state index contributed by atoms with van der Waals surface area (Å²) in [7, 11) is -6.52. The molecule has 14 heteroatoms. The molecule has 42 heavy (non-hydrogen) atoms. The summed E-state index contributed by atoms with van der Waals surface area (Å²) in [5.74, 6) is -1.99. The first-order chi connectivity index (χ1) is 19.6. The van der Waals surface area contributed by atoms with Gasteiger partial charge in [-0.2, -0.15) is 0 Å². The molecule has 0 aliphatic carbocycles. The van der Waals surface area contributed by atoms with Crippen molar-refractivity contribution in [1.82, 2.24) is 5.32 Å². The van der Waals surface area contributed by atoms with E-state index in [4.69, 9.17) is 9.47 Å². The molecule has 0 amide bonds. The van der Waals surface area contributed by atoms with Crippen molar-refractivity contribution in [1.29, 1.82) is 0 Å². The molecule has 3 atom stereocenters. The van der Waals surface area contributed by atoms with E-state index in [0.29, 0.717) is 5.57 Å². The zero-order valence-electron chi connectivity index (χ0n) is 23.9. The number of carbonyl (C=O) groups is 2. The zero-order valence-corrected chi connectivity index (χ0v) is 25.5. The van der Waals surface area contributed by atoms with Crippen LogP contribution in [0.4, 0.5) is 0 Å². The Bertz CT molecular complexity index is 1410. The molecule has 0 radical (unpaired) electrons. The fourth-order valence-electron chi connectivity index (χ4n) is 3.96. The molecule has 0 bridgehead atoms. The van der Waals surface area contributed by atoms with Crippen molar-refractivity contribution in [3.8, 4) is 11.5 Å². The van der Waals surface area contributed by atoms with Crippen LogP contribution in [0.15, 0.2) is 42.0 Å². The van der Waals surface area contributed by atoms with Crippen LogP contribution in [0.1, 0.15) is 42.1 Å². The molecule has 0 fully saturated rings. The summed E-state index contributed by atoms with van der Waals surface area (Å²) in [6.45, 7) is 2.15. The second-order valence-corrected chi connectivity index (χ2v) is 14.6. The Kier molecular flexibility index (Phi) is 13.4. The predicted octanol–water partition coefficient (Wildman–Crippen LogP) is 0.966. The normalized spacial score (nSPS) is 22.5. The molecule has 0 saturated carbocycles. The van der Waals surface area contributed by atoms with Crippen molar-refractivity contribution in [3.63, 3.8) is 0 Å². The second-order valence-electron chi connectivity index (χ2n) is 10.2. The first-order valence-electron chi connectivity index (χ1n) is 13.2. The summed E-state index contributed by atoms with van der Waals surface area (Å²) >= 11 is 0. The van der Waals surface area contributed by atoms with E-state index in [1.807, 2.05) is 0 Å². The Morgan fingerprint density at radius 3 is 2.43 bits per heavy atom. The number of ketones is 1. The lowest BCUT2D eigenvalue weighted by molar-refractivity contribution is -0.127. The van der Waals surface area contributed by atoms with E-state index in [-0.39, 0.29) is 67.3 Å². The number of hydrogen-bond donors (Lipinski definition) is 4. The summed E-state index contributed by atoms with van der Waals surface area (Å²) in [5, 5.41) is 33.9. The average molecular weight is 630 g/mol. The number of aromatic hydroxyl groups is 1. The SMILES string of the molecule is C[C@H]1C/C=C\C(=O)[C@@H](O)[C@@H](O)C/C=C/c2cc(OCCNC/C(=C\CCS(C)(=O)=O)CS(C)(=O)=O)cc(O)c2C(=O)O1. The van der Waals surface area contributed by atoms with Gasteiger partial charge in [-0.05, 0) is 43.0 Å². The maximum atomic E-state index is 12.9. The topological polar surface area (TPSA) is 194 Å². The summed E-state index contributed by atoms with van der Waals surface area (Å²) in [6, 6.07) is 2.73. The molecule has 1 aliphatic rings. The van der Waals surface area contributed by atoms with Gasteiger partial charge in [-0.25, -0.2) is 21.6 Å². The number of carbonyl (C=O) groups excluding carboxylic acids is 2. The van der Waals surface area contributed by atoms with E-state index >= 15 is 0 Å². The lowest BCUT2D eigenvalue weighted by Gasteiger charge is -2.17. The van der Waals surface area contributed by atoms with Crippen LogP contribution >= 0.6 is 0 Å². The second kappa shape index (κ2) is 16.0. The van der Waals surface area contributed by atoms with Gasteiger partial charge in [0.25, 0.3) is 0 Å². The van der Waals surface area contributed by atoms with Crippen molar-refractivity contribution in [2.45, 2.75) is 44.5 Å². The van der Waals surface area contributed by atoms with Gasteiger partial charge >= 0.3 is 5.97 Å². The molecule has 12 nitrogen and oxygen atoms in total. The molecule has 234 valence electrons. The Morgan fingerprint density at radius 1 is 1.07 bits per heavy atom. The van der Waals surface area contributed by atoms with Crippen LogP contribution in [-0.4, -0.2) is 106 Å². The number of rotatable bonds is 11. The van der Waals surface area contributed by atoms with Gasteiger partial charge in [-0.3, -0.25) is 4.79 Å². The summed E-state index contributed by atoms with van der Waals surface area (Å²) in [4.78, 5) is 24.9. The highest BCUT2D eigenvalue weighted by Crippen LogP contribution is 2.30. The van der Waals surface area contributed by atoms with Crippen molar-refractivity contribution >= 4 is 37.5 Å². The highest BCUT2D eigenvalue weighted by atomic mass is 32.2. The third-order valence-corrected chi connectivity index (χ3v) is 7.86. The monoisotopic (exact) mass is 629 g/mol. The molecule has 0 unspecified atom stereocenters. The lowest BCUT2D eigenvalue weighted by atomic mass is 10.0. The highest BCUT2D eigenvalue weighted by molar-refractivity contribution is 7.91. The minimum atomic E-state index is -3.33. The minimum Gasteiger partial charge on any atom is -0.507 e. The number of sulfone groups is 2. The Morgan fingerprint density at radius 2 is 1.76 bits per heavy atom. The summed E-state index contributed by atoms with van der Waals surface area (Å²) < 4.78 is 57.4. The average Bonchev–Trinajstić information content (AvgIpc) is 2.85. The van der Waals surface area contributed by atoms with Crippen LogP contribution < -0.4 is 10.1 Å². The number of benzene rings is 1. The number of nitrogens with one attached hydrogen (secondary N) is 1. The van der Waals surface area contributed by atoms with Crippen LogP contribution in [0.5, 0.6) is 11.5 Å². The van der Waals surface area contributed by atoms with Gasteiger partial charge < -0.3 is 30.1 Å². The van der Waals surface area contributed by atoms with E-state index in [2.05, 4.69) is 5.32 Å². The molecule has 0 spiro atoms. The molecule has 0 saturated heterocycles. The highest BCUT2D eigenvalue weighted by Gasteiger charge is 2.23. The predicted molar refractivity (Wildman–Crippen MR) is 158 cm³/mol. The smallest absolute Gasteiger partial charge is 0.342 e. The third kappa shape index (κ3) is 12.9. The number of cyclic esters (lactones) is 1. The zero-order chi connectivity index (χ0) is 31.5. The number of phenolic OH excluding ortho intramolecular Hbond substituents is 1. The van der Waals surface area contributed by atoms with Crippen LogP contribution in [-0.2, 0) is 29.2 Å². The third-order valence-electron chi connectivity index (χ3n) is 5.98. The number of aliphatic hydroxyl groups is 2. The van der Waals surface area contributed by atoms with Crippen LogP contribution in [0, 0.1) is 0 Å². The van der Waals surface area contributed by atoms with Gasteiger partial charge in [0.05, 0.1) is 17.6 Å². The van der Waals surface area contributed by atoms with Crippen molar-refractivity contribution in [2.75, 3.05) is 43.7 Å². The van der Waals surface area contributed by atoms with E-state index < -0.39 is 55.5 Å². The lowest BCUT2D eigenvalue weighted by Crippen LogP contribution is -2.32. The van der Waals surface area contributed by atoms with Crippen LogP contribution in [0.3, 0.4) is 0 Å². The fourth-order valence-corrected chi connectivity index (χ4v) is 5.40. The van der Waals surface area contributed by atoms with Crippen molar-refractivity contribution < 1.29 is 51.2 Å². The molecule has 1 aromatic rings. The van der Waals surface area contributed by atoms with E-state index in [1.54, 1.807) is 13.0 Å². The molecule has 0 aromatic heterocycles. The number of fused-ring (bicyclic) bond motifs is 1. The number of allylic oxidation sites excluding steroid dienone is 1. The number of aliphatic hydroxyl groups excluding tert-OH is 2. The standard InChI is InChI=1S/C28H39NO11S2/c1-19-7-4-10-23(30)27(33)24(31)11-5-9-21-15-22(16-25(32)26(21)28(34)40-19)39-13-12-29-17-20(18-42(3,37)38)8-6-14-41(2,35)36/h4-5,8-10,15-16,19,24,27,29,31-33H,6-7,11-14,17-18H2,1-3H3/b9-5+,10-4-,20-8+/t19-,24-,27+/m0/s1. The van der Waals surface area contributed by atoms with E-state index in [9.17, 15) is 41.7 Å². The Hall–Kier alpha value is -3.04. The first kappa shape index (κ1) is 35.2. The molecule has 1 heterocycles. The fraction of sp³-hybridized carbons (Fsp3) is 0.500. The number of esters is 1. The summed E-state index contributed by atoms with van der Waals surface area (Å²) in [5.41, 5.74) is 0.618. The maximum Gasteiger partial charge on any atom is 0.342 e. The van der Waals surface area contributed by atoms with Crippen molar-refractivity contribution in [2.24, 2.45) is 0 Å². The van der Waals surface area contributed by atoms with E-state index in [1.165, 1.54) is 30.4 Å². The Labute approximate surface area is 246 Å². The van der Waals surface area contributed by atoms with Gasteiger partial charge in [0.1, 0.15) is 45.7 Å². The van der Waals surface area contributed by atoms with Gasteiger partial charge in [-0.15, -0.1) is 0 Å². The van der Waals surface area contributed by atoms with Crippen molar-refractivity contribution in [3.05, 3.63) is 53.1 Å². The van der Waals surface area contributed by atoms with Gasteiger partial charge in [0.15, 0.2) is 15.6 Å². The Balaban J connectivity index is 2.14. The molecule has 4 N–H and O–H groups in total. The van der Waals surface area contributed by atoms with E-state index in [0.717, 1.165) is 18.6 Å². The van der Waals surface area contributed by atoms with Gasteiger partial charge in [0, 0.05) is 38.1 Å². The number of hydrogen-bond acceptors (Lipinski definition) is 12. The molecule has 1 aliphatic heterocycles. The summed E-state index contributed by atoms with van der Waals surface area (Å²) in [6.07, 6.45) is 5.79. The number of ether oxygens (including phenoxy) is 2. The maximum absolute atomic E-state index is 12.9. The first-order valence-corrected chi connectivity index (χ1v) is 17.4. The number of phenols is 1. The molecule has 2 rings (SSSR count). The van der Waals surface area contributed by atoms with Crippen LogP contribution in [0.25, 0.3) is 6.08 Å². The van der Waals surface area contributed by atoms with Gasteiger partial charge in [-0.1, -0.05) is 24.3 Å². The largest absolute Gasteiger partial charge is 0.507 e. The molecular weight excluding hydrogens is 590 g/mol. The van der Waals surface area contributed by atoms with Crippen LogP contribution in [0.2, 0.25) is 0 Å². The minimum absolute atomic E-state index is 0.0955. The van der Waals surface area contributed by atoms with Gasteiger partial charge in [0.2, 0.25) is 0 Å². The quantitative estimate of drug-likeness (QED) is 0.154. The molecular formula is C28H39NO11S2. The molecule has 1 aromatic carbocycles.